The van der Waals surface area contributed by atoms with Crippen LogP contribution in [0.15, 0.2) is 0 Å². The fourth-order valence-electron chi connectivity index (χ4n) is 3.57. The van der Waals surface area contributed by atoms with E-state index in [-0.39, 0.29) is 0 Å². The largest absolute Gasteiger partial charge is 0.316 e. The van der Waals surface area contributed by atoms with E-state index in [1.165, 1.54) is 51.6 Å². The molecule has 0 spiro atoms. The van der Waals surface area contributed by atoms with Crippen molar-refractivity contribution in [3.8, 4) is 0 Å². The Labute approximate surface area is 115 Å². The molecule has 0 bridgehead atoms. The Morgan fingerprint density at radius 1 is 1.00 bits per heavy atom. The van der Waals surface area contributed by atoms with Crippen LogP contribution >= 0.6 is 0 Å². The fourth-order valence-corrected chi connectivity index (χ4v) is 3.57. The molecule has 1 nitrogen and oxygen atoms in total. The second-order valence-electron chi connectivity index (χ2n) is 7.39. The molecule has 0 aromatic rings. The Hall–Kier alpha value is -0.0400. The Morgan fingerprint density at radius 3 is 2.28 bits per heavy atom. The molecule has 0 radical (unpaired) electrons. The molecule has 1 heteroatoms. The number of hydrogen-bond acceptors (Lipinski definition) is 1. The zero-order chi connectivity index (χ0) is 13.6. The van der Waals surface area contributed by atoms with E-state index >= 15 is 0 Å². The maximum atomic E-state index is 3.65. The van der Waals surface area contributed by atoms with Crippen LogP contribution < -0.4 is 5.32 Å². The van der Waals surface area contributed by atoms with Gasteiger partial charge in [-0.15, -0.1) is 0 Å². The zero-order valence-corrected chi connectivity index (χ0v) is 13.4. The van der Waals surface area contributed by atoms with Crippen LogP contribution in [0.1, 0.15) is 73.1 Å². The van der Waals surface area contributed by atoms with Crippen molar-refractivity contribution < 1.29 is 0 Å². The van der Waals surface area contributed by atoms with Gasteiger partial charge in [0.1, 0.15) is 0 Å². The van der Waals surface area contributed by atoms with Crippen molar-refractivity contribution in [3.05, 3.63) is 0 Å². The third-order valence-corrected chi connectivity index (χ3v) is 4.86. The van der Waals surface area contributed by atoms with E-state index in [0.717, 1.165) is 17.8 Å². The molecular weight excluding hydrogens is 218 g/mol. The third kappa shape index (κ3) is 4.91. The van der Waals surface area contributed by atoms with Crippen molar-refractivity contribution in [3.63, 3.8) is 0 Å². The molecule has 0 aliphatic heterocycles. The molecule has 1 saturated carbocycles. The molecule has 108 valence electrons. The zero-order valence-electron chi connectivity index (χ0n) is 13.4. The lowest BCUT2D eigenvalue weighted by atomic mass is 9.64. The fraction of sp³-hybridized carbons (Fsp3) is 1.00. The molecule has 18 heavy (non-hydrogen) atoms. The molecule has 1 N–H and O–H groups in total. The summed E-state index contributed by atoms with van der Waals surface area (Å²) in [4.78, 5) is 0. The Morgan fingerprint density at radius 2 is 1.72 bits per heavy atom. The van der Waals surface area contributed by atoms with Crippen molar-refractivity contribution in [1.29, 1.82) is 0 Å². The van der Waals surface area contributed by atoms with Gasteiger partial charge in [0, 0.05) is 0 Å². The smallest absolute Gasteiger partial charge is 0.00179 e. The molecule has 0 heterocycles. The maximum Gasteiger partial charge on any atom is -0.00179 e. The average molecular weight is 253 g/mol. The quantitative estimate of drug-likeness (QED) is 0.666. The van der Waals surface area contributed by atoms with E-state index in [1.807, 2.05) is 0 Å². The van der Waals surface area contributed by atoms with Crippen molar-refractivity contribution in [1.82, 2.24) is 5.32 Å². The van der Waals surface area contributed by atoms with Gasteiger partial charge < -0.3 is 5.32 Å². The highest BCUT2D eigenvalue weighted by atomic mass is 14.9. The minimum atomic E-state index is 0.508. The summed E-state index contributed by atoms with van der Waals surface area (Å²) in [6.07, 6.45) is 8.41. The van der Waals surface area contributed by atoms with Gasteiger partial charge in [-0.25, -0.2) is 0 Å². The minimum absolute atomic E-state index is 0.508. The molecule has 0 saturated heterocycles. The third-order valence-electron chi connectivity index (χ3n) is 4.86. The maximum absolute atomic E-state index is 3.65. The first kappa shape index (κ1) is 16.0. The van der Waals surface area contributed by atoms with Gasteiger partial charge in [-0.3, -0.25) is 0 Å². The van der Waals surface area contributed by atoms with Gasteiger partial charge in [-0.2, -0.15) is 0 Å². The summed E-state index contributed by atoms with van der Waals surface area (Å²) >= 11 is 0. The number of rotatable bonds is 6. The molecule has 1 aliphatic rings. The van der Waals surface area contributed by atoms with Crippen LogP contribution in [-0.2, 0) is 0 Å². The summed E-state index contributed by atoms with van der Waals surface area (Å²) in [6, 6.07) is 0. The second kappa shape index (κ2) is 7.53. The van der Waals surface area contributed by atoms with Gasteiger partial charge in [0.05, 0.1) is 0 Å². The van der Waals surface area contributed by atoms with E-state index in [1.54, 1.807) is 0 Å². The van der Waals surface area contributed by atoms with Crippen LogP contribution in [0.25, 0.3) is 0 Å². The molecule has 0 aromatic carbocycles. The highest BCUT2D eigenvalue weighted by molar-refractivity contribution is 4.86. The van der Waals surface area contributed by atoms with Gasteiger partial charge in [0.2, 0.25) is 0 Å². The molecule has 0 aromatic heterocycles. The van der Waals surface area contributed by atoms with Crippen molar-refractivity contribution in [2.24, 2.45) is 23.2 Å². The van der Waals surface area contributed by atoms with Gasteiger partial charge in [0.15, 0.2) is 0 Å². The van der Waals surface area contributed by atoms with Crippen LogP contribution in [-0.4, -0.2) is 13.1 Å². The van der Waals surface area contributed by atoms with Crippen LogP contribution in [0.4, 0.5) is 0 Å². The standard InChI is InChI=1S/C17H35N/c1-6-8-14-12-16(17(3,4)5)10-9-15(14)13-18-11-7-2/h14-16,18H,6-13H2,1-5H3. The molecule has 1 fully saturated rings. The molecule has 1 aliphatic carbocycles. The topological polar surface area (TPSA) is 12.0 Å². The molecule has 3 unspecified atom stereocenters. The predicted octanol–water partition coefficient (Wildman–Crippen LogP) is 4.86. The second-order valence-corrected chi connectivity index (χ2v) is 7.39. The van der Waals surface area contributed by atoms with E-state index in [0.29, 0.717) is 5.41 Å². The summed E-state index contributed by atoms with van der Waals surface area (Å²) in [5.41, 5.74) is 0.508. The van der Waals surface area contributed by atoms with Crippen molar-refractivity contribution >= 4 is 0 Å². The lowest BCUT2D eigenvalue weighted by Gasteiger charge is -2.42. The first-order valence-electron chi connectivity index (χ1n) is 8.19. The summed E-state index contributed by atoms with van der Waals surface area (Å²) in [6.45, 7) is 14.3. The minimum Gasteiger partial charge on any atom is -0.316 e. The number of hydrogen-bond donors (Lipinski definition) is 1. The van der Waals surface area contributed by atoms with E-state index < -0.39 is 0 Å². The SMILES string of the molecule is CCCNCC1CCC(C(C)(C)C)CC1CCC. The molecule has 1 rings (SSSR count). The molecular formula is C17H35N. The summed E-state index contributed by atoms with van der Waals surface area (Å²) in [7, 11) is 0. The predicted molar refractivity (Wildman–Crippen MR) is 81.8 cm³/mol. The van der Waals surface area contributed by atoms with Gasteiger partial charge in [-0.05, 0) is 61.9 Å². The highest BCUT2D eigenvalue weighted by Gasteiger charge is 2.34. The Kier molecular flexibility index (Phi) is 6.70. The first-order valence-corrected chi connectivity index (χ1v) is 8.19. The van der Waals surface area contributed by atoms with E-state index in [2.05, 4.69) is 39.9 Å². The first-order chi connectivity index (χ1) is 8.49. The Bertz CT molecular complexity index is 216. The summed E-state index contributed by atoms with van der Waals surface area (Å²) < 4.78 is 0. The monoisotopic (exact) mass is 253 g/mol. The van der Waals surface area contributed by atoms with E-state index in [9.17, 15) is 0 Å². The van der Waals surface area contributed by atoms with Crippen molar-refractivity contribution in [2.45, 2.75) is 73.1 Å². The van der Waals surface area contributed by atoms with Gasteiger partial charge >= 0.3 is 0 Å². The lowest BCUT2D eigenvalue weighted by molar-refractivity contribution is 0.0922. The van der Waals surface area contributed by atoms with Crippen molar-refractivity contribution in [2.75, 3.05) is 13.1 Å². The van der Waals surface area contributed by atoms with Crippen LogP contribution in [0.3, 0.4) is 0 Å². The lowest BCUT2D eigenvalue weighted by Crippen LogP contribution is -2.36. The van der Waals surface area contributed by atoms with Crippen LogP contribution in [0, 0.1) is 23.2 Å². The normalized spacial score (nSPS) is 29.5. The van der Waals surface area contributed by atoms with E-state index in [4.69, 9.17) is 0 Å². The average Bonchev–Trinajstić information content (AvgIpc) is 2.30. The summed E-state index contributed by atoms with van der Waals surface area (Å²) in [5, 5.41) is 3.65. The molecule has 0 amide bonds. The highest BCUT2D eigenvalue weighted by Crippen LogP contribution is 2.44. The van der Waals surface area contributed by atoms with Gasteiger partial charge in [-0.1, -0.05) is 47.5 Å². The molecule has 3 atom stereocenters. The summed E-state index contributed by atoms with van der Waals surface area (Å²) in [5.74, 6) is 2.85. The van der Waals surface area contributed by atoms with Gasteiger partial charge in [0.25, 0.3) is 0 Å². The van der Waals surface area contributed by atoms with Crippen LogP contribution in [0.2, 0.25) is 0 Å². The number of nitrogens with one attached hydrogen (secondary N) is 1. The Balaban J connectivity index is 2.49. The van der Waals surface area contributed by atoms with Crippen LogP contribution in [0.5, 0.6) is 0 Å².